The summed E-state index contributed by atoms with van der Waals surface area (Å²) in [5, 5.41) is 13.1. The van der Waals surface area contributed by atoms with E-state index >= 15 is 0 Å². The fourth-order valence-corrected chi connectivity index (χ4v) is 1.35. The predicted molar refractivity (Wildman–Crippen MR) is 65.8 cm³/mol. The Hall–Kier alpha value is -2.71. The molecule has 0 saturated carbocycles. The maximum absolute atomic E-state index is 11.7. The van der Waals surface area contributed by atoms with Gasteiger partial charge in [-0.1, -0.05) is 0 Å². The van der Waals surface area contributed by atoms with E-state index in [-0.39, 0.29) is 5.82 Å². The van der Waals surface area contributed by atoms with E-state index in [0.717, 1.165) is 0 Å². The second-order valence-corrected chi connectivity index (χ2v) is 3.98. The molecule has 0 bridgehead atoms. The second kappa shape index (κ2) is 7.02. The molecule has 1 rings (SSSR count). The Morgan fingerprint density at radius 1 is 1.45 bits per heavy atom. The van der Waals surface area contributed by atoms with Crippen molar-refractivity contribution in [3.8, 4) is 0 Å². The number of imidazole rings is 1. The van der Waals surface area contributed by atoms with Gasteiger partial charge in [-0.2, -0.15) is 0 Å². The minimum atomic E-state index is -1.21. The number of aromatic amines is 1. The number of rotatable bonds is 7. The highest BCUT2D eigenvalue weighted by Gasteiger charge is 2.21. The molecule has 4 N–H and O–H groups in total. The molecule has 9 nitrogen and oxygen atoms in total. The molecule has 1 aromatic heterocycles. The van der Waals surface area contributed by atoms with Crippen LogP contribution in [0.25, 0.3) is 0 Å². The number of nitrogens with one attached hydrogen (secondary N) is 3. The van der Waals surface area contributed by atoms with Crippen LogP contribution in [0.4, 0.5) is 0 Å². The highest BCUT2D eigenvalue weighted by Crippen LogP contribution is 1.94. The van der Waals surface area contributed by atoms with E-state index in [1.807, 2.05) is 0 Å². The molecule has 0 saturated heterocycles. The number of aldehydes is 1. The molecule has 1 aromatic rings. The smallest absolute Gasteiger partial charge is 0.305 e. The van der Waals surface area contributed by atoms with Gasteiger partial charge in [-0.15, -0.1) is 0 Å². The minimum Gasteiger partial charge on any atom is -0.481 e. The molecular formula is C11H14N4O5. The number of nitrogens with zero attached hydrogens (tertiary/aromatic N) is 1. The number of H-pyrrole nitrogens is 1. The molecule has 1 heterocycles. The molecule has 0 aromatic carbocycles. The molecular weight excluding hydrogens is 268 g/mol. The molecule has 0 spiro atoms. The molecule has 0 aliphatic carbocycles. The summed E-state index contributed by atoms with van der Waals surface area (Å²) in [4.78, 5) is 50.7. The van der Waals surface area contributed by atoms with Gasteiger partial charge in [0.1, 0.15) is 12.3 Å². The lowest BCUT2D eigenvalue weighted by Crippen LogP contribution is -2.49. The van der Waals surface area contributed by atoms with Crippen molar-refractivity contribution in [2.75, 3.05) is 0 Å². The van der Waals surface area contributed by atoms with Crippen molar-refractivity contribution >= 4 is 24.1 Å². The third-order valence-corrected chi connectivity index (χ3v) is 2.34. The Bertz CT molecular complexity index is 499. The van der Waals surface area contributed by atoms with Crippen molar-refractivity contribution in [3.05, 3.63) is 18.2 Å². The number of aliphatic carboxylic acids is 1. The fraction of sp³-hybridized carbons (Fsp3) is 0.364. The van der Waals surface area contributed by atoms with Gasteiger partial charge in [-0.25, -0.2) is 4.98 Å². The second-order valence-electron chi connectivity index (χ2n) is 3.98. The maximum Gasteiger partial charge on any atom is 0.305 e. The molecule has 0 aliphatic rings. The average molecular weight is 282 g/mol. The van der Waals surface area contributed by atoms with Crippen LogP contribution in [0.15, 0.2) is 12.4 Å². The van der Waals surface area contributed by atoms with Crippen LogP contribution in [0.3, 0.4) is 0 Å². The van der Waals surface area contributed by atoms with Crippen molar-refractivity contribution < 1.29 is 24.3 Å². The number of aromatic nitrogens is 2. The maximum atomic E-state index is 11.7. The fourth-order valence-electron chi connectivity index (χ4n) is 1.35. The third kappa shape index (κ3) is 4.52. The number of hydrogen-bond donors (Lipinski definition) is 4. The molecule has 2 amide bonds. The van der Waals surface area contributed by atoms with Crippen molar-refractivity contribution in [2.24, 2.45) is 0 Å². The van der Waals surface area contributed by atoms with Gasteiger partial charge in [0.25, 0.3) is 5.91 Å². The first-order valence-corrected chi connectivity index (χ1v) is 5.71. The summed E-state index contributed by atoms with van der Waals surface area (Å²) >= 11 is 0. The lowest BCUT2D eigenvalue weighted by atomic mass is 10.2. The monoisotopic (exact) mass is 282 g/mol. The lowest BCUT2D eigenvalue weighted by Gasteiger charge is -2.16. The minimum absolute atomic E-state index is 0.0436. The van der Waals surface area contributed by atoms with Gasteiger partial charge >= 0.3 is 5.97 Å². The van der Waals surface area contributed by atoms with Crippen LogP contribution in [0.5, 0.6) is 0 Å². The number of hydrogen-bond acceptors (Lipinski definition) is 5. The SMILES string of the molecule is CC(NC(=O)c1ncc[nH]1)C(=O)N[C@H](C=O)CC(=O)O. The Morgan fingerprint density at radius 3 is 2.65 bits per heavy atom. The number of carbonyl (C=O) groups excluding carboxylic acids is 3. The van der Waals surface area contributed by atoms with Crippen LogP contribution in [-0.4, -0.2) is 51.2 Å². The van der Waals surface area contributed by atoms with Crippen molar-refractivity contribution in [3.63, 3.8) is 0 Å². The van der Waals surface area contributed by atoms with Crippen molar-refractivity contribution in [1.82, 2.24) is 20.6 Å². The van der Waals surface area contributed by atoms with Crippen molar-refractivity contribution in [2.45, 2.75) is 25.4 Å². The number of carboxylic acids is 1. The topological polar surface area (TPSA) is 141 Å². The number of carbonyl (C=O) groups is 4. The summed E-state index contributed by atoms with van der Waals surface area (Å²) in [6.45, 7) is 1.40. The highest BCUT2D eigenvalue weighted by atomic mass is 16.4. The first-order valence-electron chi connectivity index (χ1n) is 5.71. The molecule has 1 unspecified atom stereocenters. The molecule has 9 heteroatoms. The van der Waals surface area contributed by atoms with E-state index in [0.29, 0.717) is 6.29 Å². The van der Waals surface area contributed by atoms with Crippen molar-refractivity contribution in [1.29, 1.82) is 0 Å². The zero-order valence-electron chi connectivity index (χ0n) is 10.6. The van der Waals surface area contributed by atoms with Gasteiger partial charge in [0.15, 0.2) is 5.82 Å². The van der Waals surface area contributed by atoms with E-state index in [1.54, 1.807) is 0 Å². The van der Waals surface area contributed by atoms with E-state index in [1.165, 1.54) is 19.3 Å². The van der Waals surface area contributed by atoms with Crippen LogP contribution in [-0.2, 0) is 14.4 Å². The standard InChI is InChI=1S/C11H14N4O5/c1-6(14-11(20)9-12-2-3-13-9)10(19)15-7(5-16)4-8(17)18/h2-3,5-7H,4H2,1H3,(H,12,13)(H,14,20)(H,15,19)(H,17,18)/t6?,7-/m0/s1. The summed E-state index contributed by atoms with van der Waals surface area (Å²) in [5.74, 6) is -2.42. The van der Waals surface area contributed by atoms with E-state index in [9.17, 15) is 19.2 Å². The van der Waals surface area contributed by atoms with Crippen LogP contribution < -0.4 is 10.6 Å². The molecule has 20 heavy (non-hydrogen) atoms. The van der Waals surface area contributed by atoms with Crippen LogP contribution >= 0.6 is 0 Å². The van der Waals surface area contributed by atoms with E-state index < -0.39 is 36.3 Å². The lowest BCUT2D eigenvalue weighted by molar-refractivity contribution is -0.138. The third-order valence-electron chi connectivity index (χ3n) is 2.34. The molecule has 0 aliphatic heterocycles. The number of amides is 2. The summed E-state index contributed by atoms with van der Waals surface area (Å²) in [5.41, 5.74) is 0. The van der Waals surface area contributed by atoms with Gasteiger partial charge in [-0.3, -0.25) is 14.4 Å². The largest absolute Gasteiger partial charge is 0.481 e. The summed E-state index contributed by atoms with van der Waals surface area (Å²) in [7, 11) is 0. The first-order chi connectivity index (χ1) is 9.43. The predicted octanol–water partition coefficient (Wildman–Crippen LogP) is -1.31. The van der Waals surface area contributed by atoms with Gasteiger partial charge in [0.2, 0.25) is 5.91 Å². The van der Waals surface area contributed by atoms with Gasteiger partial charge in [0.05, 0.1) is 12.5 Å². The zero-order valence-corrected chi connectivity index (χ0v) is 10.6. The van der Waals surface area contributed by atoms with E-state index in [4.69, 9.17) is 5.11 Å². The van der Waals surface area contributed by atoms with E-state index in [2.05, 4.69) is 20.6 Å². The van der Waals surface area contributed by atoms with Crippen LogP contribution in [0.1, 0.15) is 24.0 Å². The Labute approximate surface area is 113 Å². The van der Waals surface area contributed by atoms with Crippen LogP contribution in [0, 0.1) is 0 Å². The first kappa shape index (κ1) is 15.3. The Kier molecular flexibility index (Phi) is 5.39. The Balaban J connectivity index is 2.52. The van der Waals surface area contributed by atoms with Gasteiger partial charge < -0.3 is 25.5 Å². The van der Waals surface area contributed by atoms with Gasteiger partial charge in [0, 0.05) is 12.4 Å². The number of carboxylic acid groups (broad SMARTS) is 1. The summed E-state index contributed by atoms with van der Waals surface area (Å²) in [6.07, 6.45) is 2.64. The average Bonchev–Trinajstić information content (AvgIpc) is 2.90. The molecule has 2 atom stereocenters. The van der Waals surface area contributed by atoms with Crippen LogP contribution in [0.2, 0.25) is 0 Å². The quantitative estimate of drug-likeness (QED) is 0.457. The van der Waals surface area contributed by atoms with Gasteiger partial charge in [-0.05, 0) is 6.92 Å². The highest BCUT2D eigenvalue weighted by molar-refractivity contribution is 5.95. The Morgan fingerprint density at radius 2 is 2.15 bits per heavy atom. The summed E-state index contributed by atoms with van der Waals surface area (Å²) in [6, 6.07) is -2.08. The molecule has 0 radical (unpaired) electrons. The zero-order chi connectivity index (χ0) is 15.1. The summed E-state index contributed by atoms with van der Waals surface area (Å²) < 4.78 is 0. The molecule has 0 fully saturated rings. The molecule has 108 valence electrons. The normalized spacial score (nSPS) is 13.1.